The zero-order chi connectivity index (χ0) is 14.2. The van der Waals surface area contributed by atoms with Crippen LogP contribution in [-0.4, -0.2) is 36.4 Å². The van der Waals surface area contributed by atoms with Crippen molar-refractivity contribution in [3.05, 3.63) is 42.2 Å². The van der Waals surface area contributed by atoms with Crippen molar-refractivity contribution in [3.63, 3.8) is 0 Å². The summed E-state index contributed by atoms with van der Waals surface area (Å²) in [6.45, 7) is 0.875. The predicted molar refractivity (Wildman–Crippen MR) is 73.8 cm³/mol. The number of methoxy groups -OCH3 is 1. The van der Waals surface area contributed by atoms with E-state index in [1.165, 1.54) is 0 Å². The van der Waals surface area contributed by atoms with Gasteiger partial charge < -0.3 is 14.8 Å². The molecule has 6 nitrogen and oxygen atoms in total. The van der Waals surface area contributed by atoms with E-state index in [2.05, 4.69) is 15.5 Å². The van der Waals surface area contributed by atoms with Gasteiger partial charge in [-0.1, -0.05) is 0 Å². The first-order valence-electron chi connectivity index (χ1n) is 6.30. The second-order valence-corrected chi connectivity index (χ2v) is 4.13. The van der Waals surface area contributed by atoms with Crippen LogP contribution in [0.4, 0.5) is 0 Å². The molecule has 0 atom stereocenters. The lowest BCUT2D eigenvalue weighted by Crippen LogP contribution is -2.29. The third-order valence-corrected chi connectivity index (χ3v) is 2.66. The van der Waals surface area contributed by atoms with Gasteiger partial charge in [-0.25, -0.2) is 0 Å². The third-order valence-electron chi connectivity index (χ3n) is 2.66. The molecule has 0 saturated heterocycles. The van der Waals surface area contributed by atoms with Crippen LogP contribution in [0.5, 0.6) is 11.5 Å². The lowest BCUT2D eigenvalue weighted by atomic mass is 10.3. The average molecular weight is 275 g/mol. The first kappa shape index (κ1) is 13.9. The number of hydrogen-bond acceptors (Lipinski definition) is 4. The third kappa shape index (κ3) is 4.31. The molecule has 0 aliphatic heterocycles. The van der Waals surface area contributed by atoms with Gasteiger partial charge in [0.25, 0.3) is 0 Å². The number of nitrogens with zero attached hydrogens (tertiary/aromatic N) is 1. The van der Waals surface area contributed by atoms with Crippen LogP contribution >= 0.6 is 0 Å². The second-order valence-electron chi connectivity index (χ2n) is 4.13. The number of nitrogens with one attached hydrogen (secondary N) is 2. The Labute approximate surface area is 117 Å². The zero-order valence-corrected chi connectivity index (χ0v) is 11.3. The molecular weight excluding hydrogens is 258 g/mol. The Balaban J connectivity index is 1.64. The standard InChI is InChI=1S/C14H17N3O3/c1-19-12-2-4-13(5-3-12)20-9-8-15-14(18)10-11-6-7-16-17-11/h2-7H,8-10H2,1H3,(H,15,18)(H,16,17). The molecule has 1 heterocycles. The fraction of sp³-hybridized carbons (Fsp3) is 0.286. The van der Waals surface area contributed by atoms with Crippen molar-refractivity contribution in [3.8, 4) is 11.5 Å². The molecule has 0 aliphatic rings. The number of rotatable bonds is 7. The van der Waals surface area contributed by atoms with Gasteiger partial charge in [-0.2, -0.15) is 5.10 Å². The molecule has 20 heavy (non-hydrogen) atoms. The average Bonchev–Trinajstić information content (AvgIpc) is 2.97. The lowest BCUT2D eigenvalue weighted by Gasteiger charge is -2.08. The van der Waals surface area contributed by atoms with Gasteiger partial charge in [-0.05, 0) is 30.3 Å². The van der Waals surface area contributed by atoms with E-state index < -0.39 is 0 Å². The first-order valence-corrected chi connectivity index (χ1v) is 6.30. The summed E-state index contributed by atoms with van der Waals surface area (Å²) >= 11 is 0. The van der Waals surface area contributed by atoms with Gasteiger partial charge in [-0.3, -0.25) is 9.89 Å². The molecule has 106 valence electrons. The van der Waals surface area contributed by atoms with Gasteiger partial charge in [0.15, 0.2) is 0 Å². The Morgan fingerprint density at radius 3 is 2.65 bits per heavy atom. The number of H-pyrrole nitrogens is 1. The molecule has 0 bridgehead atoms. The van der Waals surface area contributed by atoms with Gasteiger partial charge in [0.05, 0.1) is 20.1 Å². The van der Waals surface area contributed by atoms with E-state index in [1.54, 1.807) is 19.4 Å². The number of aromatic nitrogens is 2. The fourth-order valence-corrected chi connectivity index (χ4v) is 1.65. The van der Waals surface area contributed by atoms with Crippen LogP contribution in [0.2, 0.25) is 0 Å². The lowest BCUT2D eigenvalue weighted by molar-refractivity contribution is -0.120. The molecule has 1 aromatic carbocycles. The van der Waals surface area contributed by atoms with Gasteiger partial charge in [0, 0.05) is 11.9 Å². The predicted octanol–water partition coefficient (Wildman–Crippen LogP) is 1.16. The quantitative estimate of drug-likeness (QED) is 0.743. The summed E-state index contributed by atoms with van der Waals surface area (Å²) in [7, 11) is 1.62. The zero-order valence-electron chi connectivity index (χ0n) is 11.3. The van der Waals surface area contributed by atoms with Crippen LogP contribution in [0.3, 0.4) is 0 Å². The van der Waals surface area contributed by atoms with Crippen molar-refractivity contribution < 1.29 is 14.3 Å². The highest BCUT2D eigenvalue weighted by atomic mass is 16.5. The highest BCUT2D eigenvalue weighted by Crippen LogP contribution is 2.16. The van der Waals surface area contributed by atoms with Crippen LogP contribution in [0.1, 0.15) is 5.69 Å². The normalized spacial score (nSPS) is 10.1. The molecular formula is C14H17N3O3. The summed E-state index contributed by atoms with van der Waals surface area (Å²) in [5, 5.41) is 9.30. The van der Waals surface area contributed by atoms with Crippen LogP contribution in [0, 0.1) is 0 Å². The molecule has 0 radical (unpaired) electrons. The highest BCUT2D eigenvalue weighted by molar-refractivity contribution is 5.77. The number of carbonyl (C=O) groups is 1. The van der Waals surface area contributed by atoms with Crippen molar-refractivity contribution in [2.45, 2.75) is 6.42 Å². The summed E-state index contributed by atoms with van der Waals surface area (Å²) in [4.78, 5) is 11.6. The van der Waals surface area contributed by atoms with E-state index in [9.17, 15) is 4.79 Å². The minimum Gasteiger partial charge on any atom is -0.497 e. The highest BCUT2D eigenvalue weighted by Gasteiger charge is 2.03. The molecule has 0 saturated carbocycles. The molecule has 1 aromatic heterocycles. The maximum absolute atomic E-state index is 11.6. The summed E-state index contributed by atoms with van der Waals surface area (Å²) in [6.07, 6.45) is 1.91. The van der Waals surface area contributed by atoms with Crippen molar-refractivity contribution in [2.75, 3.05) is 20.3 Å². The second kappa shape index (κ2) is 7.18. The summed E-state index contributed by atoms with van der Waals surface area (Å²) in [5.41, 5.74) is 0.790. The summed E-state index contributed by atoms with van der Waals surface area (Å²) in [5.74, 6) is 1.46. The molecule has 2 aromatic rings. The monoisotopic (exact) mass is 275 g/mol. The Morgan fingerprint density at radius 1 is 1.25 bits per heavy atom. The van der Waals surface area contributed by atoms with Crippen LogP contribution in [-0.2, 0) is 11.2 Å². The first-order chi connectivity index (χ1) is 9.78. The molecule has 2 rings (SSSR count). The van der Waals surface area contributed by atoms with Gasteiger partial charge in [0.2, 0.25) is 5.91 Å². The molecule has 0 aliphatic carbocycles. The number of hydrogen-bond donors (Lipinski definition) is 2. The van der Waals surface area contributed by atoms with Crippen LogP contribution in [0.25, 0.3) is 0 Å². The Hall–Kier alpha value is -2.50. The largest absolute Gasteiger partial charge is 0.497 e. The molecule has 0 fully saturated rings. The number of benzene rings is 1. The van der Waals surface area contributed by atoms with Gasteiger partial charge in [0.1, 0.15) is 18.1 Å². The van der Waals surface area contributed by atoms with Crippen molar-refractivity contribution in [1.29, 1.82) is 0 Å². The van der Waals surface area contributed by atoms with Gasteiger partial charge in [-0.15, -0.1) is 0 Å². The van der Waals surface area contributed by atoms with Crippen molar-refractivity contribution in [1.82, 2.24) is 15.5 Å². The van der Waals surface area contributed by atoms with E-state index in [-0.39, 0.29) is 5.91 Å². The van der Waals surface area contributed by atoms with E-state index in [4.69, 9.17) is 9.47 Å². The fourth-order valence-electron chi connectivity index (χ4n) is 1.65. The van der Waals surface area contributed by atoms with Crippen LogP contribution in [0.15, 0.2) is 36.5 Å². The van der Waals surface area contributed by atoms with Crippen molar-refractivity contribution in [2.24, 2.45) is 0 Å². The SMILES string of the molecule is COc1ccc(OCCNC(=O)Cc2ccn[nH]2)cc1. The molecule has 2 N–H and O–H groups in total. The number of ether oxygens (including phenoxy) is 2. The van der Waals surface area contributed by atoms with E-state index in [1.807, 2.05) is 24.3 Å². The van der Waals surface area contributed by atoms with Crippen LogP contribution < -0.4 is 14.8 Å². The number of carbonyl (C=O) groups excluding carboxylic acids is 1. The maximum Gasteiger partial charge on any atom is 0.226 e. The summed E-state index contributed by atoms with van der Waals surface area (Å²) in [6, 6.07) is 9.07. The van der Waals surface area contributed by atoms with Crippen molar-refractivity contribution >= 4 is 5.91 Å². The maximum atomic E-state index is 11.6. The van der Waals surface area contributed by atoms with E-state index in [0.29, 0.717) is 19.6 Å². The summed E-state index contributed by atoms with van der Waals surface area (Å²) < 4.78 is 10.6. The van der Waals surface area contributed by atoms with E-state index >= 15 is 0 Å². The number of aromatic amines is 1. The topological polar surface area (TPSA) is 76.2 Å². The minimum atomic E-state index is -0.0624. The van der Waals surface area contributed by atoms with E-state index in [0.717, 1.165) is 17.2 Å². The Morgan fingerprint density at radius 2 is 2.00 bits per heavy atom. The molecule has 0 unspecified atom stereocenters. The number of amides is 1. The minimum absolute atomic E-state index is 0.0624. The van der Waals surface area contributed by atoms with Gasteiger partial charge >= 0.3 is 0 Å². The Bertz CT molecular complexity index is 523. The smallest absolute Gasteiger partial charge is 0.226 e. The molecule has 6 heteroatoms. The molecule has 1 amide bonds. The molecule has 0 spiro atoms. The Kier molecular flexibility index (Phi) is 5.00.